The van der Waals surface area contributed by atoms with Gasteiger partial charge in [-0.15, -0.1) is 11.3 Å². The molecule has 0 fully saturated rings. The molecule has 2 aromatic heterocycles. The summed E-state index contributed by atoms with van der Waals surface area (Å²) < 4.78 is 0. The van der Waals surface area contributed by atoms with Crippen LogP contribution >= 0.6 is 11.3 Å². The lowest BCUT2D eigenvalue weighted by Crippen LogP contribution is -2.07. The maximum absolute atomic E-state index is 5.66. The first-order valence-electron chi connectivity index (χ1n) is 4.63. The average Bonchev–Trinajstić information content (AvgIpc) is 2.70. The Kier molecular flexibility index (Phi) is 2.82. The fourth-order valence-electron chi connectivity index (χ4n) is 1.26. The molecule has 1 unspecified atom stereocenters. The zero-order valence-electron chi connectivity index (χ0n) is 8.34. The molecule has 4 nitrogen and oxygen atoms in total. The number of nitrogen functional groups attached to an aromatic ring is 1. The highest BCUT2D eigenvalue weighted by atomic mass is 32.1. The van der Waals surface area contributed by atoms with Gasteiger partial charge >= 0.3 is 0 Å². The Morgan fingerprint density at radius 1 is 1.40 bits per heavy atom. The molecule has 0 saturated carbocycles. The Morgan fingerprint density at radius 2 is 2.27 bits per heavy atom. The minimum absolute atomic E-state index is 0.152. The first-order chi connectivity index (χ1) is 7.25. The van der Waals surface area contributed by atoms with Crippen molar-refractivity contribution in [2.45, 2.75) is 13.0 Å². The summed E-state index contributed by atoms with van der Waals surface area (Å²) in [6, 6.07) is 3.72. The van der Waals surface area contributed by atoms with Crippen LogP contribution in [0.4, 0.5) is 11.5 Å². The van der Waals surface area contributed by atoms with Gasteiger partial charge in [-0.05, 0) is 13.0 Å². The van der Waals surface area contributed by atoms with E-state index >= 15 is 0 Å². The van der Waals surface area contributed by atoms with Crippen molar-refractivity contribution in [3.8, 4) is 0 Å². The van der Waals surface area contributed by atoms with Crippen molar-refractivity contribution in [3.63, 3.8) is 0 Å². The molecule has 0 saturated heterocycles. The summed E-state index contributed by atoms with van der Waals surface area (Å²) in [5.41, 5.74) is 6.37. The summed E-state index contributed by atoms with van der Waals surface area (Å²) >= 11 is 1.62. The molecule has 3 N–H and O–H groups in total. The first-order valence-corrected chi connectivity index (χ1v) is 5.51. The zero-order chi connectivity index (χ0) is 10.7. The molecule has 0 amide bonds. The molecule has 15 heavy (non-hydrogen) atoms. The molecular formula is C10H12N4S. The molecule has 0 aliphatic carbocycles. The van der Waals surface area contributed by atoms with E-state index in [1.165, 1.54) is 0 Å². The van der Waals surface area contributed by atoms with Gasteiger partial charge in [0.05, 0.1) is 6.04 Å². The van der Waals surface area contributed by atoms with Crippen LogP contribution in [-0.4, -0.2) is 9.97 Å². The van der Waals surface area contributed by atoms with Crippen LogP contribution in [0, 0.1) is 0 Å². The second-order valence-electron chi connectivity index (χ2n) is 3.21. The topological polar surface area (TPSA) is 63.8 Å². The van der Waals surface area contributed by atoms with Crippen LogP contribution < -0.4 is 11.1 Å². The van der Waals surface area contributed by atoms with Crippen LogP contribution in [0.25, 0.3) is 0 Å². The Balaban J connectivity index is 2.09. The highest BCUT2D eigenvalue weighted by Gasteiger charge is 2.07. The fraction of sp³-hybridized carbons (Fsp3) is 0.200. The number of nitrogens with two attached hydrogens (primary N) is 1. The smallest absolute Gasteiger partial charge is 0.128 e. The molecule has 0 spiro atoms. The second kappa shape index (κ2) is 4.27. The summed E-state index contributed by atoms with van der Waals surface area (Å²) in [4.78, 5) is 8.41. The summed E-state index contributed by atoms with van der Waals surface area (Å²) in [5.74, 6) is 0.776. The third-order valence-electron chi connectivity index (χ3n) is 1.97. The van der Waals surface area contributed by atoms with E-state index in [0.717, 1.165) is 10.8 Å². The highest BCUT2D eigenvalue weighted by molar-refractivity contribution is 7.09. The lowest BCUT2D eigenvalue weighted by molar-refractivity contribution is 0.861. The standard InChI is InChI=1S/C10H12N4S/c1-7(10-13-4-5-15-10)14-9-6-8(11)2-3-12-9/h2-7H,1H3,(H3,11,12,14). The predicted octanol–water partition coefficient (Wildman–Crippen LogP) is 2.29. The largest absolute Gasteiger partial charge is 0.399 e. The van der Waals surface area contributed by atoms with Gasteiger partial charge in [-0.25, -0.2) is 9.97 Å². The van der Waals surface area contributed by atoms with E-state index in [-0.39, 0.29) is 6.04 Å². The number of thiazole rings is 1. The minimum Gasteiger partial charge on any atom is -0.399 e. The maximum atomic E-state index is 5.66. The Hall–Kier alpha value is -1.62. The Bertz CT molecular complexity index is 427. The van der Waals surface area contributed by atoms with Gasteiger partial charge in [0.15, 0.2) is 0 Å². The Labute approximate surface area is 92.2 Å². The van der Waals surface area contributed by atoms with Gasteiger partial charge in [-0.2, -0.15) is 0 Å². The molecule has 2 aromatic rings. The number of rotatable bonds is 3. The van der Waals surface area contributed by atoms with Gasteiger partial charge in [0.25, 0.3) is 0 Å². The van der Waals surface area contributed by atoms with E-state index in [1.54, 1.807) is 29.8 Å². The number of pyridine rings is 1. The van der Waals surface area contributed by atoms with Crippen LogP contribution in [0.5, 0.6) is 0 Å². The molecule has 2 heterocycles. The first kappa shape index (κ1) is 9.92. The molecule has 78 valence electrons. The van der Waals surface area contributed by atoms with Crippen LogP contribution in [0.2, 0.25) is 0 Å². The maximum Gasteiger partial charge on any atom is 0.128 e. The lowest BCUT2D eigenvalue weighted by Gasteiger charge is -2.11. The van der Waals surface area contributed by atoms with Gasteiger partial charge in [0.2, 0.25) is 0 Å². The molecule has 2 rings (SSSR count). The van der Waals surface area contributed by atoms with Gasteiger partial charge in [-0.3, -0.25) is 0 Å². The lowest BCUT2D eigenvalue weighted by atomic mass is 10.3. The third kappa shape index (κ3) is 2.44. The van der Waals surface area contributed by atoms with Gasteiger partial charge in [0, 0.05) is 29.5 Å². The van der Waals surface area contributed by atoms with Crippen molar-refractivity contribution in [3.05, 3.63) is 34.9 Å². The van der Waals surface area contributed by atoms with Crippen molar-refractivity contribution in [1.29, 1.82) is 0 Å². The fourth-order valence-corrected chi connectivity index (χ4v) is 1.90. The molecule has 0 aromatic carbocycles. The summed E-state index contributed by atoms with van der Waals surface area (Å²) in [5, 5.41) is 6.24. The summed E-state index contributed by atoms with van der Waals surface area (Å²) in [7, 11) is 0. The van der Waals surface area contributed by atoms with E-state index in [1.807, 2.05) is 18.4 Å². The van der Waals surface area contributed by atoms with Crippen molar-refractivity contribution < 1.29 is 0 Å². The SMILES string of the molecule is CC(Nc1cc(N)ccn1)c1nccs1. The molecule has 5 heteroatoms. The molecule has 0 aliphatic heterocycles. The van der Waals surface area contributed by atoms with E-state index in [0.29, 0.717) is 5.69 Å². The molecule has 0 aliphatic rings. The van der Waals surface area contributed by atoms with Crippen molar-refractivity contribution in [2.75, 3.05) is 11.1 Å². The highest BCUT2D eigenvalue weighted by Crippen LogP contribution is 2.20. The molecule has 0 radical (unpaired) electrons. The van der Waals surface area contributed by atoms with Crippen molar-refractivity contribution >= 4 is 22.8 Å². The van der Waals surface area contributed by atoms with E-state index in [4.69, 9.17) is 5.73 Å². The Morgan fingerprint density at radius 3 is 2.93 bits per heavy atom. The van der Waals surface area contributed by atoms with E-state index in [2.05, 4.69) is 15.3 Å². The second-order valence-corrected chi connectivity index (χ2v) is 4.14. The number of hydrogen-bond donors (Lipinski definition) is 2. The van der Waals surface area contributed by atoms with E-state index < -0.39 is 0 Å². The zero-order valence-corrected chi connectivity index (χ0v) is 9.16. The van der Waals surface area contributed by atoms with E-state index in [9.17, 15) is 0 Å². The van der Waals surface area contributed by atoms with Crippen LogP contribution in [0.3, 0.4) is 0 Å². The number of hydrogen-bond acceptors (Lipinski definition) is 5. The average molecular weight is 220 g/mol. The van der Waals surface area contributed by atoms with Gasteiger partial charge < -0.3 is 11.1 Å². The predicted molar refractivity (Wildman–Crippen MR) is 62.8 cm³/mol. The van der Waals surface area contributed by atoms with Gasteiger partial charge in [0.1, 0.15) is 10.8 Å². The van der Waals surface area contributed by atoms with Crippen molar-refractivity contribution in [2.24, 2.45) is 0 Å². The quantitative estimate of drug-likeness (QED) is 0.833. The number of anilines is 2. The van der Waals surface area contributed by atoms with Crippen LogP contribution in [0.15, 0.2) is 29.9 Å². The molecule has 1 atom stereocenters. The van der Waals surface area contributed by atoms with Crippen molar-refractivity contribution in [1.82, 2.24) is 9.97 Å². The van der Waals surface area contributed by atoms with Gasteiger partial charge in [-0.1, -0.05) is 0 Å². The summed E-state index contributed by atoms with van der Waals surface area (Å²) in [6.45, 7) is 2.05. The minimum atomic E-state index is 0.152. The number of aromatic nitrogens is 2. The molecular weight excluding hydrogens is 208 g/mol. The third-order valence-corrected chi connectivity index (χ3v) is 2.93. The normalized spacial score (nSPS) is 12.3. The number of nitrogens with one attached hydrogen (secondary N) is 1. The molecule has 0 bridgehead atoms. The number of nitrogens with zero attached hydrogens (tertiary/aromatic N) is 2. The summed E-state index contributed by atoms with van der Waals surface area (Å²) in [6.07, 6.45) is 3.48. The van der Waals surface area contributed by atoms with Crippen LogP contribution in [0.1, 0.15) is 18.0 Å². The monoisotopic (exact) mass is 220 g/mol. The van der Waals surface area contributed by atoms with Crippen LogP contribution in [-0.2, 0) is 0 Å².